The lowest BCUT2D eigenvalue weighted by atomic mass is 10.1. The zero-order valence-corrected chi connectivity index (χ0v) is 11.7. The molecule has 0 aliphatic rings. The average Bonchev–Trinajstić information content (AvgIpc) is 2.46. The molecule has 0 saturated carbocycles. The topological polar surface area (TPSA) is 82.0 Å². The summed E-state index contributed by atoms with van der Waals surface area (Å²) in [6.07, 6.45) is 1.29. The van der Waals surface area contributed by atoms with Crippen LogP contribution in [-0.4, -0.2) is 17.9 Å². The Morgan fingerprint density at radius 3 is 2.45 bits per heavy atom. The second-order valence-corrected chi connectivity index (χ2v) is 4.56. The number of anilines is 1. The predicted octanol–water partition coefficient (Wildman–Crippen LogP) is 2.07. The van der Waals surface area contributed by atoms with E-state index in [1.807, 2.05) is 31.2 Å². The van der Waals surface area contributed by atoms with Crippen LogP contribution >= 0.6 is 0 Å². The molecule has 1 rings (SSSR count). The largest absolute Gasteiger partial charge is 0.343 e. The van der Waals surface area contributed by atoms with Gasteiger partial charge in [-0.2, -0.15) is 5.26 Å². The molecule has 2 atom stereocenters. The number of carbonyl (C=O) groups is 2. The third kappa shape index (κ3) is 4.73. The summed E-state index contributed by atoms with van der Waals surface area (Å²) in [5, 5.41) is 14.1. The summed E-state index contributed by atoms with van der Waals surface area (Å²) >= 11 is 0. The highest BCUT2D eigenvalue weighted by molar-refractivity contribution is 5.97. The number of nitrogens with zero attached hydrogens (tertiary/aromatic N) is 1. The van der Waals surface area contributed by atoms with Gasteiger partial charge in [0.15, 0.2) is 0 Å². The van der Waals surface area contributed by atoms with E-state index < -0.39 is 17.9 Å². The minimum atomic E-state index is -0.765. The fourth-order valence-corrected chi connectivity index (χ4v) is 1.66. The maximum Gasteiger partial charge on any atom is 0.246 e. The molecule has 0 saturated heterocycles. The predicted molar refractivity (Wildman–Crippen MR) is 76.7 cm³/mol. The molecule has 0 radical (unpaired) electrons. The lowest BCUT2D eigenvalue weighted by molar-refractivity contribution is -0.127. The smallest absolute Gasteiger partial charge is 0.246 e. The van der Waals surface area contributed by atoms with Gasteiger partial charge in [-0.15, -0.1) is 0 Å². The number of amides is 2. The number of nitriles is 1. The molecular formula is C15H19N3O2. The highest BCUT2D eigenvalue weighted by Gasteiger charge is 2.22. The minimum Gasteiger partial charge on any atom is -0.343 e. The molecule has 0 spiro atoms. The third-order valence-corrected chi connectivity index (χ3v) is 2.84. The Morgan fingerprint density at radius 1 is 1.25 bits per heavy atom. The van der Waals surface area contributed by atoms with Gasteiger partial charge in [0, 0.05) is 5.69 Å². The molecule has 0 fully saturated rings. The van der Waals surface area contributed by atoms with Gasteiger partial charge in [-0.3, -0.25) is 9.59 Å². The van der Waals surface area contributed by atoms with Crippen molar-refractivity contribution in [2.45, 2.75) is 32.7 Å². The van der Waals surface area contributed by atoms with Crippen LogP contribution in [0.1, 0.15) is 26.7 Å². The normalized spacial score (nSPS) is 12.8. The number of nitrogens with one attached hydrogen (secondary N) is 2. The van der Waals surface area contributed by atoms with Crippen molar-refractivity contribution in [2.24, 2.45) is 5.92 Å². The van der Waals surface area contributed by atoms with Crippen molar-refractivity contribution in [3.63, 3.8) is 0 Å². The zero-order chi connectivity index (χ0) is 15.0. The van der Waals surface area contributed by atoms with Crippen LogP contribution in [0.25, 0.3) is 0 Å². The van der Waals surface area contributed by atoms with E-state index in [1.165, 1.54) is 6.92 Å². The fraction of sp³-hybridized carbons (Fsp3) is 0.400. The van der Waals surface area contributed by atoms with E-state index in [-0.39, 0.29) is 5.91 Å². The summed E-state index contributed by atoms with van der Waals surface area (Å²) in [4.78, 5) is 23.8. The van der Waals surface area contributed by atoms with Crippen molar-refractivity contribution in [3.8, 4) is 6.07 Å². The van der Waals surface area contributed by atoms with E-state index in [0.717, 1.165) is 6.42 Å². The quantitative estimate of drug-likeness (QED) is 0.832. The Kier molecular flexibility index (Phi) is 6.24. The van der Waals surface area contributed by atoms with Crippen molar-refractivity contribution in [1.29, 1.82) is 5.26 Å². The maximum atomic E-state index is 12.1. The van der Waals surface area contributed by atoms with Gasteiger partial charge in [0.1, 0.15) is 12.0 Å². The molecule has 2 N–H and O–H groups in total. The number of carbonyl (C=O) groups excluding carboxylic acids is 2. The number of para-hydroxylation sites is 1. The molecule has 0 aliphatic heterocycles. The first kappa shape index (κ1) is 15.7. The summed E-state index contributed by atoms with van der Waals surface area (Å²) in [6, 6.07) is 10.3. The fourth-order valence-electron chi connectivity index (χ4n) is 1.66. The van der Waals surface area contributed by atoms with Gasteiger partial charge < -0.3 is 10.6 Å². The van der Waals surface area contributed by atoms with E-state index in [9.17, 15) is 9.59 Å². The number of hydrogen-bond acceptors (Lipinski definition) is 3. The average molecular weight is 273 g/mol. The summed E-state index contributed by atoms with van der Waals surface area (Å²) in [7, 11) is 0. The molecule has 0 bridgehead atoms. The highest BCUT2D eigenvalue weighted by Crippen LogP contribution is 2.08. The van der Waals surface area contributed by atoms with Crippen LogP contribution in [0.2, 0.25) is 0 Å². The first-order valence-corrected chi connectivity index (χ1v) is 6.64. The number of hydrogen-bond donors (Lipinski definition) is 2. The number of benzene rings is 1. The van der Waals surface area contributed by atoms with Crippen molar-refractivity contribution >= 4 is 17.5 Å². The summed E-state index contributed by atoms with van der Waals surface area (Å²) in [5.41, 5.74) is 0.682. The molecule has 5 heteroatoms. The van der Waals surface area contributed by atoms with Crippen LogP contribution in [0.15, 0.2) is 30.3 Å². The lowest BCUT2D eigenvalue weighted by Gasteiger charge is -2.18. The van der Waals surface area contributed by atoms with Gasteiger partial charge in [0.25, 0.3) is 0 Å². The first-order chi connectivity index (χ1) is 9.58. The van der Waals surface area contributed by atoms with Crippen LogP contribution in [0.3, 0.4) is 0 Å². The van der Waals surface area contributed by atoms with Crippen molar-refractivity contribution < 1.29 is 9.59 Å². The minimum absolute atomic E-state index is 0.267. The van der Waals surface area contributed by atoms with Gasteiger partial charge in [0.05, 0.1) is 6.07 Å². The van der Waals surface area contributed by atoms with Crippen LogP contribution in [0, 0.1) is 17.2 Å². The van der Waals surface area contributed by atoms with Gasteiger partial charge in [-0.05, 0) is 25.5 Å². The SMILES string of the molecule is CCCC(NC(=O)C(C)C#N)C(=O)Nc1ccccc1. The van der Waals surface area contributed by atoms with Gasteiger partial charge in [-0.25, -0.2) is 0 Å². The molecule has 2 unspecified atom stereocenters. The molecule has 0 aromatic heterocycles. The summed E-state index contributed by atoms with van der Waals surface area (Å²) in [5.74, 6) is -1.45. The van der Waals surface area contributed by atoms with Crippen molar-refractivity contribution in [1.82, 2.24) is 5.32 Å². The molecule has 5 nitrogen and oxygen atoms in total. The number of rotatable bonds is 6. The van der Waals surface area contributed by atoms with Gasteiger partial charge in [0.2, 0.25) is 11.8 Å². The van der Waals surface area contributed by atoms with Crippen LogP contribution in [-0.2, 0) is 9.59 Å². The molecular weight excluding hydrogens is 254 g/mol. The molecule has 1 aromatic carbocycles. The first-order valence-electron chi connectivity index (χ1n) is 6.64. The van der Waals surface area contributed by atoms with Gasteiger partial charge in [-0.1, -0.05) is 31.5 Å². The van der Waals surface area contributed by atoms with E-state index in [2.05, 4.69) is 10.6 Å². The Morgan fingerprint density at radius 2 is 1.90 bits per heavy atom. The second kappa shape index (κ2) is 7.95. The van der Waals surface area contributed by atoms with Crippen LogP contribution < -0.4 is 10.6 Å². The summed E-state index contributed by atoms with van der Waals surface area (Å²) in [6.45, 7) is 3.44. The molecule has 0 heterocycles. The van der Waals surface area contributed by atoms with Crippen LogP contribution in [0.5, 0.6) is 0 Å². The van der Waals surface area contributed by atoms with E-state index in [1.54, 1.807) is 12.1 Å². The Bertz CT molecular complexity index is 494. The molecule has 106 valence electrons. The monoisotopic (exact) mass is 273 g/mol. The van der Waals surface area contributed by atoms with Crippen molar-refractivity contribution in [3.05, 3.63) is 30.3 Å². The van der Waals surface area contributed by atoms with E-state index >= 15 is 0 Å². The Balaban J connectivity index is 2.68. The molecule has 20 heavy (non-hydrogen) atoms. The Labute approximate surface area is 119 Å². The lowest BCUT2D eigenvalue weighted by Crippen LogP contribution is -2.45. The highest BCUT2D eigenvalue weighted by atomic mass is 16.2. The maximum absolute atomic E-state index is 12.1. The van der Waals surface area contributed by atoms with Gasteiger partial charge >= 0.3 is 0 Å². The van der Waals surface area contributed by atoms with E-state index in [4.69, 9.17) is 5.26 Å². The Hall–Kier alpha value is -2.35. The van der Waals surface area contributed by atoms with E-state index in [0.29, 0.717) is 12.1 Å². The summed E-state index contributed by atoms with van der Waals surface area (Å²) < 4.78 is 0. The molecule has 2 amide bonds. The second-order valence-electron chi connectivity index (χ2n) is 4.56. The molecule has 1 aromatic rings. The zero-order valence-electron chi connectivity index (χ0n) is 11.7. The van der Waals surface area contributed by atoms with Crippen LogP contribution in [0.4, 0.5) is 5.69 Å². The van der Waals surface area contributed by atoms with Crippen molar-refractivity contribution in [2.75, 3.05) is 5.32 Å². The standard InChI is InChI=1S/C15H19N3O2/c1-3-7-13(18-14(19)11(2)10-16)15(20)17-12-8-5-4-6-9-12/h4-6,8-9,11,13H,3,7H2,1-2H3,(H,17,20)(H,18,19). The molecule has 0 aliphatic carbocycles. The third-order valence-electron chi connectivity index (χ3n) is 2.84.